The smallest absolute Gasteiger partial charge is 0.255 e. The van der Waals surface area contributed by atoms with Gasteiger partial charge in [0.15, 0.2) is 0 Å². The Bertz CT molecular complexity index is 364. The van der Waals surface area contributed by atoms with Crippen molar-refractivity contribution in [1.82, 2.24) is 9.88 Å². The average molecular weight is 206 g/mol. The van der Waals surface area contributed by atoms with Crippen LogP contribution in [0, 0.1) is 0 Å². The van der Waals surface area contributed by atoms with Gasteiger partial charge in [0.2, 0.25) is 0 Å². The van der Waals surface area contributed by atoms with Crippen molar-refractivity contribution in [3.05, 3.63) is 29.6 Å². The van der Waals surface area contributed by atoms with Gasteiger partial charge in [0, 0.05) is 26.5 Å². The zero-order chi connectivity index (χ0) is 11.6. The third-order valence-corrected chi connectivity index (χ3v) is 2.27. The first-order chi connectivity index (χ1) is 6.84. The highest BCUT2D eigenvalue weighted by Gasteiger charge is 2.22. The summed E-state index contributed by atoms with van der Waals surface area (Å²) in [5, 5.41) is 0. The Morgan fingerprint density at radius 3 is 2.40 bits per heavy atom. The van der Waals surface area contributed by atoms with Crippen LogP contribution in [0.15, 0.2) is 18.5 Å². The van der Waals surface area contributed by atoms with E-state index >= 15 is 0 Å². The molecule has 1 aromatic rings. The second-order valence-electron chi connectivity index (χ2n) is 4.87. The van der Waals surface area contributed by atoms with Crippen LogP contribution in [-0.2, 0) is 5.41 Å². The molecule has 0 aliphatic carbocycles. The molecule has 3 heteroatoms. The van der Waals surface area contributed by atoms with Gasteiger partial charge in [-0.3, -0.25) is 9.78 Å². The quantitative estimate of drug-likeness (QED) is 0.705. The maximum Gasteiger partial charge on any atom is 0.255 e. The molecule has 0 fully saturated rings. The van der Waals surface area contributed by atoms with Gasteiger partial charge in [0.25, 0.3) is 5.91 Å². The summed E-state index contributed by atoms with van der Waals surface area (Å²) in [6.07, 6.45) is 3.37. The lowest BCUT2D eigenvalue weighted by Gasteiger charge is -2.23. The van der Waals surface area contributed by atoms with Crippen molar-refractivity contribution in [2.75, 3.05) is 14.1 Å². The second-order valence-corrected chi connectivity index (χ2v) is 4.87. The largest absolute Gasteiger partial charge is 0.345 e. The van der Waals surface area contributed by atoms with Gasteiger partial charge in [-0.2, -0.15) is 0 Å². The predicted molar refractivity (Wildman–Crippen MR) is 61.0 cm³/mol. The molecule has 3 nitrogen and oxygen atoms in total. The minimum absolute atomic E-state index is 0.00743. The summed E-state index contributed by atoms with van der Waals surface area (Å²) in [5.74, 6) is 0.00743. The fourth-order valence-electron chi connectivity index (χ4n) is 1.46. The number of amides is 1. The normalized spacial score (nSPS) is 11.3. The van der Waals surface area contributed by atoms with E-state index in [1.165, 1.54) is 0 Å². The molecule has 82 valence electrons. The van der Waals surface area contributed by atoms with Gasteiger partial charge in [-0.25, -0.2) is 0 Å². The summed E-state index contributed by atoms with van der Waals surface area (Å²) < 4.78 is 0. The SMILES string of the molecule is CN(C)C(=O)c1cnccc1C(C)(C)C. The zero-order valence-electron chi connectivity index (χ0n) is 10.0. The van der Waals surface area contributed by atoms with Gasteiger partial charge in [0.1, 0.15) is 0 Å². The molecule has 0 aromatic carbocycles. The van der Waals surface area contributed by atoms with Gasteiger partial charge in [0.05, 0.1) is 5.56 Å². The minimum Gasteiger partial charge on any atom is -0.345 e. The highest BCUT2D eigenvalue weighted by Crippen LogP contribution is 2.25. The van der Waals surface area contributed by atoms with Gasteiger partial charge >= 0.3 is 0 Å². The fraction of sp³-hybridized carbons (Fsp3) is 0.500. The number of pyridine rings is 1. The molecule has 0 aliphatic rings. The van der Waals surface area contributed by atoms with E-state index in [-0.39, 0.29) is 11.3 Å². The number of hydrogen-bond donors (Lipinski definition) is 0. The number of nitrogens with zero attached hydrogens (tertiary/aromatic N) is 2. The van der Waals surface area contributed by atoms with E-state index in [4.69, 9.17) is 0 Å². The van der Waals surface area contributed by atoms with Crippen LogP contribution in [0.5, 0.6) is 0 Å². The van der Waals surface area contributed by atoms with Crippen molar-refractivity contribution in [2.24, 2.45) is 0 Å². The van der Waals surface area contributed by atoms with Crippen molar-refractivity contribution >= 4 is 5.91 Å². The Hall–Kier alpha value is -1.38. The van der Waals surface area contributed by atoms with E-state index < -0.39 is 0 Å². The lowest BCUT2D eigenvalue weighted by molar-refractivity contribution is 0.0824. The zero-order valence-corrected chi connectivity index (χ0v) is 10.0. The topological polar surface area (TPSA) is 33.2 Å². The molecule has 0 saturated heterocycles. The Balaban J connectivity index is 3.25. The summed E-state index contributed by atoms with van der Waals surface area (Å²) in [4.78, 5) is 17.5. The molecule has 15 heavy (non-hydrogen) atoms. The van der Waals surface area contributed by atoms with Crippen molar-refractivity contribution in [1.29, 1.82) is 0 Å². The van der Waals surface area contributed by atoms with Crippen LogP contribution in [0.4, 0.5) is 0 Å². The Morgan fingerprint density at radius 2 is 1.93 bits per heavy atom. The summed E-state index contributed by atoms with van der Waals surface area (Å²) >= 11 is 0. The molecule has 0 atom stereocenters. The molecule has 1 heterocycles. The molecule has 0 bridgehead atoms. The van der Waals surface area contributed by atoms with E-state index in [1.807, 2.05) is 6.07 Å². The highest BCUT2D eigenvalue weighted by molar-refractivity contribution is 5.95. The standard InChI is InChI=1S/C12H18N2O/c1-12(2,3)10-6-7-13-8-9(10)11(15)14(4)5/h6-8H,1-5H3. The van der Waals surface area contributed by atoms with Gasteiger partial charge in [-0.05, 0) is 17.0 Å². The first kappa shape index (κ1) is 11.7. The van der Waals surface area contributed by atoms with Gasteiger partial charge < -0.3 is 4.90 Å². The van der Waals surface area contributed by atoms with E-state index in [1.54, 1.807) is 31.4 Å². The van der Waals surface area contributed by atoms with E-state index in [0.29, 0.717) is 5.56 Å². The van der Waals surface area contributed by atoms with Crippen molar-refractivity contribution in [3.63, 3.8) is 0 Å². The maximum atomic E-state index is 11.9. The summed E-state index contributed by atoms with van der Waals surface area (Å²) in [6, 6.07) is 1.91. The highest BCUT2D eigenvalue weighted by atomic mass is 16.2. The van der Waals surface area contributed by atoms with Crippen LogP contribution >= 0.6 is 0 Å². The third-order valence-electron chi connectivity index (χ3n) is 2.27. The third kappa shape index (κ3) is 2.55. The van der Waals surface area contributed by atoms with E-state index in [0.717, 1.165) is 5.56 Å². The molecular formula is C12H18N2O. The van der Waals surface area contributed by atoms with Crippen molar-refractivity contribution in [2.45, 2.75) is 26.2 Å². The summed E-state index contributed by atoms with van der Waals surface area (Å²) in [7, 11) is 3.50. The second kappa shape index (κ2) is 4.01. The van der Waals surface area contributed by atoms with Crippen LogP contribution in [0.1, 0.15) is 36.7 Å². The van der Waals surface area contributed by atoms with Crippen LogP contribution in [0.25, 0.3) is 0 Å². The van der Waals surface area contributed by atoms with Crippen LogP contribution in [-0.4, -0.2) is 29.9 Å². The fourth-order valence-corrected chi connectivity index (χ4v) is 1.46. The molecule has 0 N–H and O–H groups in total. The number of rotatable bonds is 1. The average Bonchev–Trinajstić information content (AvgIpc) is 2.15. The van der Waals surface area contributed by atoms with Crippen LogP contribution in [0.3, 0.4) is 0 Å². The molecular weight excluding hydrogens is 188 g/mol. The monoisotopic (exact) mass is 206 g/mol. The maximum absolute atomic E-state index is 11.9. The molecule has 0 unspecified atom stereocenters. The molecule has 1 rings (SSSR count). The number of hydrogen-bond acceptors (Lipinski definition) is 2. The molecule has 1 amide bonds. The van der Waals surface area contributed by atoms with E-state index in [2.05, 4.69) is 25.8 Å². The van der Waals surface area contributed by atoms with E-state index in [9.17, 15) is 4.79 Å². The molecule has 0 saturated carbocycles. The van der Waals surface area contributed by atoms with Crippen LogP contribution in [0.2, 0.25) is 0 Å². The lowest BCUT2D eigenvalue weighted by atomic mass is 9.84. The first-order valence-electron chi connectivity index (χ1n) is 5.00. The molecule has 0 spiro atoms. The number of aromatic nitrogens is 1. The lowest BCUT2D eigenvalue weighted by Crippen LogP contribution is -2.26. The van der Waals surface area contributed by atoms with Crippen LogP contribution < -0.4 is 0 Å². The Kier molecular flexibility index (Phi) is 3.12. The van der Waals surface area contributed by atoms with Crippen molar-refractivity contribution in [3.8, 4) is 0 Å². The summed E-state index contributed by atoms with van der Waals surface area (Å²) in [5.41, 5.74) is 1.69. The predicted octanol–water partition coefficient (Wildman–Crippen LogP) is 2.08. The first-order valence-corrected chi connectivity index (χ1v) is 5.00. The van der Waals surface area contributed by atoms with Gasteiger partial charge in [-0.1, -0.05) is 20.8 Å². The summed E-state index contributed by atoms with van der Waals surface area (Å²) in [6.45, 7) is 6.28. The molecule has 1 aromatic heterocycles. The minimum atomic E-state index is -0.0378. The molecule has 0 aliphatic heterocycles. The number of carbonyl (C=O) groups excluding carboxylic acids is 1. The van der Waals surface area contributed by atoms with Gasteiger partial charge in [-0.15, -0.1) is 0 Å². The van der Waals surface area contributed by atoms with Crippen molar-refractivity contribution < 1.29 is 4.79 Å². The number of carbonyl (C=O) groups is 1. The Morgan fingerprint density at radius 1 is 1.33 bits per heavy atom. The molecule has 0 radical (unpaired) electrons. The Labute approximate surface area is 91.1 Å².